The summed E-state index contributed by atoms with van der Waals surface area (Å²) < 4.78 is 0. The molecule has 0 unspecified atom stereocenters. The van der Waals surface area contributed by atoms with E-state index in [9.17, 15) is 4.79 Å². The topological polar surface area (TPSA) is 99.1 Å². The standard InChI is InChI=1S/C11H13N3O2/c12-7-8-3-4-10(13)9(6-8)2-1-5-14-11(15)16/h3-4,6,14H,1-2,5,13H2,(H,15,16). The van der Waals surface area contributed by atoms with Gasteiger partial charge in [0.05, 0.1) is 11.6 Å². The van der Waals surface area contributed by atoms with Crippen molar-refractivity contribution in [3.05, 3.63) is 29.3 Å². The fourth-order valence-corrected chi connectivity index (χ4v) is 1.37. The third-order valence-electron chi connectivity index (χ3n) is 2.17. The number of nitriles is 1. The highest BCUT2D eigenvalue weighted by Crippen LogP contribution is 2.15. The van der Waals surface area contributed by atoms with Gasteiger partial charge in [0.1, 0.15) is 0 Å². The van der Waals surface area contributed by atoms with Crippen LogP contribution in [-0.2, 0) is 6.42 Å². The molecule has 1 aromatic rings. The van der Waals surface area contributed by atoms with Gasteiger partial charge in [-0.05, 0) is 36.6 Å². The predicted octanol–water partition coefficient (Wildman–Crippen LogP) is 1.34. The van der Waals surface area contributed by atoms with Gasteiger partial charge >= 0.3 is 6.09 Å². The first-order valence-electron chi connectivity index (χ1n) is 4.89. The van der Waals surface area contributed by atoms with E-state index in [-0.39, 0.29) is 0 Å². The highest BCUT2D eigenvalue weighted by atomic mass is 16.4. The van der Waals surface area contributed by atoms with Gasteiger partial charge in [0, 0.05) is 12.2 Å². The second-order valence-corrected chi connectivity index (χ2v) is 3.36. The van der Waals surface area contributed by atoms with Crippen molar-refractivity contribution in [2.75, 3.05) is 12.3 Å². The van der Waals surface area contributed by atoms with Crippen LogP contribution in [0.1, 0.15) is 17.5 Å². The summed E-state index contributed by atoms with van der Waals surface area (Å²) in [6.45, 7) is 0.381. The van der Waals surface area contributed by atoms with Crippen LogP contribution in [0.2, 0.25) is 0 Å². The van der Waals surface area contributed by atoms with E-state index in [2.05, 4.69) is 5.32 Å². The number of carbonyl (C=O) groups is 1. The van der Waals surface area contributed by atoms with Gasteiger partial charge in [0.2, 0.25) is 0 Å². The zero-order valence-corrected chi connectivity index (χ0v) is 8.73. The number of rotatable bonds is 4. The number of nitrogens with one attached hydrogen (secondary N) is 1. The average Bonchev–Trinajstić information content (AvgIpc) is 2.26. The van der Waals surface area contributed by atoms with Gasteiger partial charge in [-0.15, -0.1) is 0 Å². The Labute approximate surface area is 93.5 Å². The number of benzene rings is 1. The molecule has 5 heteroatoms. The lowest BCUT2D eigenvalue weighted by Crippen LogP contribution is -2.22. The molecule has 0 radical (unpaired) electrons. The molecular formula is C11H13N3O2. The molecule has 1 amide bonds. The summed E-state index contributed by atoms with van der Waals surface area (Å²) in [7, 11) is 0. The van der Waals surface area contributed by atoms with E-state index >= 15 is 0 Å². The van der Waals surface area contributed by atoms with Crippen LogP contribution in [0.25, 0.3) is 0 Å². The first kappa shape index (κ1) is 11.9. The molecule has 4 N–H and O–H groups in total. The lowest BCUT2D eigenvalue weighted by Gasteiger charge is -2.05. The molecule has 0 fully saturated rings. The first-order valence-corrected chi connectivity index (χ1v) is 4.89. The summed E-state index contributed by atoms with van der Waals surface area (Å²) >= 11 is 0. The van der Waals surface area contributed by atoms with E-state index in [1.165, 1.54) is 0 Å². The zero-order chi connectivity index (χ0) is 12.0. The molecule has 0 heterocycles. The molecule has 0 saturated heterocycles. The first-order chi connectivity index (χ1) is 7.63. The Balaban J connectivity index is 2.53. The molecule has 0 saturated carbocycles. The summed E-state index contributed by atoms with van der Waals surface area (Å²) in [5.74, 6) is 0. The summed E-state index contributed by atoms with van der Waals surface area (Å²) in [4.78, 5) is 10.2. The van der Waals surface area contributed by atoms with Crippen molar-refractivity contribution in [1.82, 2.24) is 5.32 Å². The van der Waals surface area contributed by atoms with E-state index in [0.717, 1.165) is 5.56 Å². The predicted molar refractivity (Wildman–Crippen MR) is 59.9 cm³/mol. The second kappa shape index (κ2) is 5.61. The van der Waals surface area contributed by atoms with Gasteiger partial charge < -0.3 is 16.2 Å². The highest BCUT2D eigenvalue weighted by molar-refractivity contribution is 5.64. The minimum atomic E-state index is -1.03. The van der Waals surface area contributed by atoms with Gasteiger partial charge in [-0.25, -0.2) is 4.79 Å². The quantitative estimate of drug-likeness (QED) is 0.525. The van der Waals surface area contributed by atoms with Gasteiger partial charge in [-0.2, -0.15) is 5.26 Å². The molecule has 0 atom stereocenters. The maximum Gasteiger partial charge on any atom is 0.404 e. The number of hydrogen-bond acceptors (Lipinski definition) is 3. The molecule has 1 aromatic carbocycles. The van der Waals surface area contributed by atoms with Gasteiger partial charge in [0.15, 0.2) is 0 Å². The summed E-state index contributed by atoms with van der Waals surface area (Å²) in [5, 5.41) is 19.4. The monoisotopic (exact) mass is 219 g/mol. The molecule has 0 spiro atoms. The number of nitrogen functional groups attached to an aromatic ring is 1. The number of nitrogens with two attached hydrogens (primary N) is 1. The number of nitrogens with zero attached hydrogens (tertiary/aromatic N) is 1. The lowest BCUT2D eigenvalue weighted by molar-refractivity contribution is 0.194. The van der Waals surface area contributed by atoms with Crippen molar-refractivity contribution in [2.45, 2.75) is 12.8 Å². The zero-order valence-electron chi connectivity index (χ0n) is 8.73. The normalized spacial score (nSPS) is 9.44. The Kier molecular flexibility index (Phi) is 4.16. The van der Waals surface area contributed by atoms with Crippen LogP contribution in [-0.4, -0.2) is 17.7 Å². The largest absolute Gasteiger partial charge is 0.465 e. The molecule has 5 nitrogen and oxygen atoms in total. The van der Waals surface area contributed by atoms with E-state index in [4.69, 9.17) is 16.1 Å². The van der Waals surface area contributed by atoms with Crippen molar-refractivity contribution in [2.24, 2.45) is 0 Å². The van der Waals surface area contributed by atoms with Gasteiger partial charge in [0.25, 0.3) is 0 Å². The van der Waals surface area contributed by atoms with Crippen molar-refractivity contribution in [1.29, 1.82) is 5.26 Å². The van der Waals surface area contributed by atoms with E-state index in [1.807, 2.05) is 6.07 Å². The Hall–Kier alpha value is -2.22. The van der Waals surface area contributed by atoms with Crippen LogP contribution in [0, 0.1) is 11.3 Å². The van der Waals surface area contributed by atoms with E-state index < -0.39 is 6.09 Å². The molecule has 1 rings (SSSR count). The lowest BCUT2D eigenvalue weighted by atomic mass is 10.0. The minimum Gasteiger partial charge on any atom is -0.465 e. The second-order valence-electron chi connectivity index (χ2n) is 3.36. The molecular weight excluding hydrogens is 206 g/mol. The molecule has 0 aliphatic heterocycles. The molecule has 0 aliphatic carbocycles. The highest BCUT2D eigenvalue weighted by Gasteiger charge is 2.01. The minimum absolute atomic E-state index is 0.381. The number of hydrogen-bond donors (Lipinski definition) is 3. The maximum absolute atomic E-state index is 10.2. The third kappa shape index (κ3) is 3.50. The molecule has 0 bridgehead atoms. The Morgan fingerprint density at radius 3 is 2.94 bits per heavy atom. The third-order valence-corrected chi connectivity index (χ3v) is 2.17. The molecule has 16 heavy (non-hydrogen) atoms. The number of anilines is 1. The Morgan fingerprint density at radius 1 is 1.56 bits per heavy atom. The van der Waals surface area contributed by atoms with Gasteiger partial charge in [-0.1, -0.05) is 0 Å². The van der Waals surface area contributed by atoms with Crippen molar-refractivity contribution >= 4 is 11.8 Å². The van der Waals surface area contributed by atoms with Crippen LogP contribution >= 0.6 is 0 Å². The molecule has 84 valence electrons. The SMILES string of the molecule is N#Cc1ccc(N)c(CCCNC(=O)O)c1. The van der Waals surface area contributed by atoms with Crippen LogP contribution in [0.4, 0.5) is 10.5 Å². The van der Waals surface area contributed by atoms with Crippen LogP contribution < -0.4 is 11.1 Å². The summed E-state index contributed by atoms with van der Waals surface area (Å²) in [6, 6.07) is 7.12. The van der Waals surface area contributed by atoms with Crippen molar-refractivity contribution in [3.8, 4) is 6.07 Å². The number of carboxylic acid groups (broad SMARTS) is 1. The Morgan fingerprint density at radius 2 is 2.31 bits per heavy atom. The van der Waals surface area contributed by atoms with Crippen molar-refractivity contribution < 1.29 is 9.90 Å². The number of aryl methyl sites for hydroxylation is 1. The van der Waals surface area contributed by atoms with E-state index in [0.29, 0.717) is 30.6 Å². The van der Waals surface area contributed by atoms with Crippen LogP contribution in [0.3, 0.4) is 0 Å². The maximum atomic E-state index is 10.2. The molecule has 0 aromatic heterocycles. The fraction of sp³-hybridized carbons (Fsp3) is 0.273. The van der Waals surface area contributed by atoms with Crippen LogP contribution in [0.15, 0.2) is 18.2 Å². The summed E-state index contributed by atoms with van der Waals surface area (Å²) in [6.07, 6.45) is 0.284. The average molecular weight is 219 g/mol. The summed E-state index contributed by atoms with van der Waals surface area (Å²) in [5.41, 5.74) is 7.82. The fourth-order valence-electron chi connectivity index (χ4n) is 1.37. The van der Waals surface area contributed by atoms with Gasteiger partial charge in [-0.3, -0.25) is 0 Å². The smallest absolute Gasteiger partial charge is 0.404 e. The van der Waals surface area contributed by atoms with E-state index in [1.54, 1.807) is 18.2 Å². The number of amides is 1. The van der Waals surface area contributed by atoms with Crippen LogP contribution in [0.5, 0.6) is 0 Å². The Bertz CT molecular complexity index is 424. The van der Waals surface area contributed by atoms with Crippen molar-refractivity contribution in [3.63, 3.8) is 0 Å². The molecule has 0 aliphatic rings.